The van der Waals surface area contributed by atoms with Gasteiger partial charge in [0.2, 0.25) is 5.91 Å². The number of carbonyl (C=O) groups is 1. The van der Waals surface area contributed by atoms with Gasteiger partial charge in [-0.25, -0.2) is 0 Å². The summed E-state index contributed by atoms with van der Waals surface area (Å²) in [7, 11) is 0. The Kier molecular flexibility index (Phi) is 5.37. The lowest BCUT2D eigenvalue weighted by Gasteiger charge is -2.31. The highest BCUT2D eigenvalue weighted by Gasteiger charge is 2.21. The van der Waals surface area contributed by atoms with Gasteiger partial charge >= 0.3 is 0 Å². The summed E-state index contributed by atoms with van der Waals surface area (Å²) in [5, 5.41) is 0. The largest absolute Gasteiger partial charge is 0.397 e. The number of carbonyl (C=O) groups excluding carboxylic acids is 1. The molecule has 1 fully saturated rings. The van der Waals surface area contributed by atoms with E-state index in [0.29, 0.717) is 31.8 Å². The van der Waals surface area contributed by atoms with Gasteiger partial charge in [0.1, 0.15) is 0 Å². The molecular formula is C12H18ClN3O2. The van der Waals surface area contributed by atoms with E-state index in [1.165, 1.54) is 0 Å². The molecule has 0 spiro atoms. The summed E-state index contributed by atoms with van der Waals surface area (Å²) in [4.78, 5) is 18.0. The first-order valence-corrected chi connectivity index (χ1v) is 5.75. The summed E-state index contributed by atoms with van der Waals surface area (Å²) in [6, 6.07) is 3.55. The molecule has 2 N–H and O–H groups in total. The van der Waals surface area contributed by atoms with Crippen molar-refractivity contribution < 1.29 is 9.53 Å². The summed E-state index contributed by atoms with van der Waals surface area (Å²) < 4.78 is 5.40. The first-order chi connectivity index (χ1) is 8.15. The highest BCUT2D eigenvalue weighted by molar-refractivity contribution is 5.85. The van der Waals surface area contributed by atoms with E-state index in [0.717, 1.165) is 5.69 Å². The molecule has 0 aliphatic carbocycles. The van der Waals surface area contributed by atoms with E-state index in [1.807, 2.05) is 11.8 Å². The van der Waals surface area contributed by atoms with Gasteiger partial charge in [0.05, 0.1) is 31.0 Å². The number of pyridine rings is 1. The molecule has 1 saturated heterocycles. The molecule has 1 amide bonds. The number of rotatable bonds is 2. The van der Waals surface area contributed by atoms with Gasteiger partial charge in [0.25, 0.3) is 0 Å². The van der Waals surface area contributed by atoms with Crippen molar-refractivity contribution in [2.75, 3.05) is 25.4 Å². The molecule has 2 heterocycles. The lowest BCUT2D eigenvalue weighted by atomic mass is 10.2. The fourth-order valence-electron chi connectivity index (χ4n) is 1.85. The summed E-state index contributed by atoms with van der Waals surface area (Å²) in [6.45, 7) is 3.91. The zero-order chi connectivity index (χ0) is 12.3. The lowest BCUT2D eigenvalue weighted by molar-refractivity contribution is -0.137. The van der Waals surface area contributed by atoms with Crippen LogP contribution in [0.2, 0.25) is 0 Å². The van der Waals surface area contributed by atoms with Gasteiger partial charge in [-0.05, 0) is 19.1 Å². The Morgan fingerprint density at radius 1 is 1.61 bits per heavy atom. The molecular weight excluding hydrogens is 254 g/mol. The average Bonchev–Trinajstić information content (AvgIpc) is 2.32. The second kappa shape index (κ2) is 6.56. The first-order valence-electron chi connectivity index (χ1n) is 5.75. The quantitative estimate of drug-likeness (QED) is 0.867. The maximum Gasteiger partial charge on any atom is 0.228 e. The van der Waals surface area contributed by atoms with Crippen molar-refractivity contribution in [3.63, 3.8) is 0 Å². The number of halogens is 1. The smallest absolute Gasteiger partial charge is 0.228 e. The van der Waals surface area contributed by atoms with Crippen LogP contribution in [0.4, 0.5) is 5.69 Å². The molecule has 2 rings (SSSR count). The van der Waals surface area contributed by atoms with Gasteiger partial charge in [-0.3, -0.25) is 9.78 Å². The molecule has 1 aliphatic heterocycles. The number of nitrogens with zero attached hydrogens (tertiary/aromatic N) is 2. The molecule has 1 aliphatic rings. The molecule has 0 bridgehead atoms. The van der Waals surface area contributed by atoms with Gasteiger partial charge in [0.15, 0.2) is 0 Å². The third-order valence-electron chi connectivity index (χ3n) is 2.77. The number of ether oxygens (including phenoxy) is 1. The number of hydrogen-bond acceptors (Lipinski definition) is 4. The van der Waals surface area contributed by atoms with Crippen LogP contribution in [-0.4, -0.2) is 41.6 Å². The van der Waals surface area contributed by atoms with Gasteiger partial charge in [-0.2, -0.15) is 0 Å². The minimum absolute atomic E-state index is 0. The number of anilines is 1. The van der Waals surface area contributed by atoms with Crippen LogP contribution in [0.25, 0.3) is 0 Å². The number of nitrogens with two attached hydrogens (primary N) is 1. The number of nitrogen functional groups attached to an aromatic ring is 1. The Morgan fingerprint density at radius 3 is 3.00 bits per heavy atom. The maximum absolute atomic E-state index is 12.0. The monoisotopic (exact) mass is 271 g/mol. The number of amides is 1. The van der Waals surface area contributed by atoms with Gasteiger partial charge < -0.3 is 15.4 Å². The summed E-state index contributed by atoms with van der Waals surface area (Å²) in [5.74, 6) is 0.0948. The zero-order valence-electron chi connectivity index (χ0n) is 10.3. The topological polar surface area (TPSA) is 68.5 Å². The van der Waals surface area contributed by atoms with E-state index >= 15 is 0 Å². The molecule has 1 aromatic rings. The Balaban J connectivity index is 0.00000162. The Morgan fingerprint density at radius 2 is 2.39 bits per heavy atom. The van der Waals surface area contributed by atoms with Crippen molar-refractivity contribution in [3.8, 4) is 0 Å². The molecule has 1 atom stereocenters. The summed E-state index contributed by atoms with van der Waals surface area (Å²) >= 11 is 0. The van der Waals surface area contributed by atoms with Crippen LogP contribution < -0.4 is 5.73 Å². The van der Waals surface area contributed by atoms with Crippen LogP contribution in [0.1, 0.15) is 12.6 Å². The number of aromatic nitrogens is 1. The predicted molar refractivity (Wildman–Crippen MR) is 71.6 cm³/mol. The molecule has 5 nitrogen and oxygen atoms in total. The van der Waals surface area contributed by atoms with E-state index in [4.69, 9.17) is 10.5 Å². The van der Waals surface area contributed by atoms with Crippen molar-refractivity contribution in [2.45, 2.75) is 19.4 Å². The zero-order valence-corrected chi connectivity index (χ0v) is 11.2. The van der Waals surface area contributed by atoms with Crippen LogP contribution in [0.5, 0.6) is 0 Å². The average molecular weight is 272 g/mol. The highest BCUT2D eigenvalue weighted by Crippen LogP contribution is 2.08. The predicted octanol–water partition coefficient (Wildman–Crippen LogP) is 0.875. The molecule has 0 radical (unpaired) electrons. The fourth-order valence-corrected chi connectivity index (χ4v) is 1.85. The summed E-state index contributed by atoms with van der Waals surface area (Å²) in [5.41, 5.74) is 6.91. The molecule has 1 unspecified atom stereocenters. The Labute approximate surface area is 113 Å². The van der Waals surface area contributed by atoms with E-state index in [-0.39, 0.29) is 24.4 Å². The normalized spacial score (nSPS) is 19.2. The number of hydrogen-bond donors (Lipinski definition) is 1. The summed E-state index contributed by atoms with van der Waals surface area (Å²) in [6.07, 6.45) is 2.02. The molecule has 100 valence electrons. The third-order valence-corrected chi connectivity index (χ3v) is 2.77. The van der Waals surface area contributed by atoms with Crippen LogP contribution in [0, 0.1) is 0 Å². The first kappa shape index (κ1) is 14.7. The minimum Gasteiger partial charge on any atom is -0.397 e. The van der Waals surface area contributed by atoms with Crippen LogP contribution in [-0.2, 0) is 16.0 Å². The minimum atomic E-state index is 0. The van der Waals surface area contributed by atoms with E-state index < -0.39 is 0 Å². The molecule has 1 aromatic heterocycles. The van der Waals surface area contributed by atoms with E-state index in [1.54, 1.807) is 18.3 Å². The van der Waals surface area contributed by atoms with E-state index in [2.05, 4.69) is 4.98 Å². The van der Waals surface area contributed by atoms with Crippen molar-refractivity contribution in [3.05, 3.63) is 24.0 Å². The van der Waals surface area contributed by atoms with Crippen molar-refractivity contribution in [1.29, 1.82) is 0 Å². The van der Waals surface area contributed by atoms with Crippen molar-refractivity contribution in [1.82, 2.24) is 9.88 Å². The number of morpholine rings is 1. The Hall–Kier alpha value is -1.33. The molecule has 0 aromatic carbocycles. The van der Waals surface area contributed by atoms with Crippen molar-refractivity contribution in [2.24, 2.45) is 0 Å². The second-order valence-corrected chi connectivity index (χ2v) is 4.28. The third kappa shape index (κ3) is 3.85. The van der Waals surface area contributed by atoms with E-state index in [9.17, 15) is 4.79 Å². The van der Waals surface area contributed by atoms with Crippen LogP contribution in [0.3, 0.4) is 0 Å². The Bertz CT molecular complexity index is 397. The van der Waals surface area contributed by atoms with Gasteiger partial charge in [-0.1, -0.05) is 0 Å². The van der Waals surface area contributed by atoms with Gasteiger partial charge in [0, 0.05) is 18.8 Å². The van der Waals surface area contributed by atoms with Gasteiger partial charge in [-0.15, -0.1) is 12.4 Å². The molecule has 18 heavy (non-hydrogen) atoms. The SMILES string of the molecule is CC1CN(C(=O)Cc2ccc(N)cn2)CCO1.Cl. The van der Waals surface area contributed by atoms with Crippen molar-refractivity contribution >= 4 is 24.0 Å². The maximum atomic E-state index is 12.0. The second-order valence-electron chi connectivity index (χ2n) is 4.28. The lowest BCUT2D eigenvalue weighted by Crippen LogP contribution is -2.45. The molecule has 0 saturated carbocycles. The fraction of sp³-hybridized carbons (Fsp3) is 0.500. The van der Waals surface area contributed by atoms with Crippen LogP contribution >= 0.6 is 12.4 Å². The standard InChI is InChI=1S/C12H17N3O2.ClH/c1-9-8-15(4-5-17-9)12(16)6-11-3-2-10(13)7-14-11;/h2-3,7,9H,4-6,8,13H2,1H3;1H. The highest BCUT2D eigenvalue weighted by atomic mass is 35.5. The van der Waals surface area contributed by atoms with Crippen LogP contribution in [0.15, 0.2) is 18.3 Å². The molecule has 6 heteroatoms.